The first-order valence-electron chi connectivity index (χ1n) is 4.06. The van der Waals surface area contributed by atoms with E-state index in [-0.39, 0.29) is 11.8 Å². The van der Waals surface area contributed by atoms with Gasteiger partial charge in [-0.1, -0.05) is 0 Å². The topological polar surface area (TPSA) is 43.4 Å². The Balaban J connectivity index is 2.39. The SMILES string of the molecule is O=C1CCC2(C=C(I)C(=O)C(I)=C2)O1. The van der Waals surface area contributed by atoms with E-state index in [0.29, 0.717) is 20.0 Å². The Labute approximate surface area is 108 Å². The molecule has 0 N–H and O–H groups in total. The molecule has 0 aromatic rings. The van der Waals surface area contributed by atoms with Gasteiger partial charge >= 0.3 is 5.97 Å². The fourth-order valence-corrected chi connectivity index (χ4v) is 3.68. The number of carbonyl (C=O) groups is 2. The van der Waals surface area contributed by atoms with E-state index in [1.54, 1.807) is 12.2 Å². The molecule has 0 radical (unpaired) electrons. The number of carbonyl (C=O) groups excluding carboxylic acids is 2. The van der Waals surface area contributed by atoms with E-state index in [4.69, 9.17) is 4.74 Å². The molecule has 5 heteroatoms. The van der Waals surface area contributed by atoms with Crippen molar-refractivity contribution in [2.75, 3.05) is 0 Å². The Bertz CT molecular complexity index is 360. The highest BCUT2D eigenvalue weighted by molar-refractivity contribution is 14.1. The number of esters is 1. The van der Waals surface area contributed by atoms with Crippen LogP contribution in [0.25, 0.3) is 0 Å². The van der Waals surface area contributed by atoms with Gasteiger partial charge in [0.1, 0.15) is 0 Å². The lowest BCUT2D eigenvalue weighted by Crippen LogP contribution is -2.27. The predicted octanol–water partition coefficient (Wildman–Crippen LogP) is 2.28. The molecule has 0 unspecified atom stereocenters. The lowest BCUT2D eigenvalue weighted by atomic mass is 9.94. The normalized spacial score (nSPS) is 24.7. The van der Waals surface area contributed by atoms with Crippen molar-refractivity contribution in [1.29, 1.82) is 0 Å². The molecule has 14 heavy (non-hydrogen) atoms. The van der Waals surface area contributed by atoms with E-state index < -0.39 is 5.60 Å². The van der Waals surface area contributed by atoms with Crippen LogP contribution in [0.4, 0.5) is 0 Å². The summed E-state index contributed by atoms with van der Waals surface area (Å²) >= 11 is 3.96. The Morgan fingerprint density at radius 2 is 1.79 bits per heavy atom. The summed E-state index contributed by atoms with van der Waals surface area (Å²) < 4.78 is 6.48. The third-order valence-electron chi connectivity index (χ3n) is 2.20. The Morgan fingerprint density at radius 1 is 1.21 bits per heavy atom. The Morgan fingerprint density at radius 3 is 2.21 bits per heavy atom. The van der Waals surface area contributed by atoms with Crippen molar-refractivity contribution in [2.24, 2.45) is 0 Å². The maximum Gasteiger partial charge on any atom is 0.307 e. The molecule has 1 saturated heterocycles. The second-order valence-electron chi connectivity index (χ2n) is 3.24. The highest BCUT2D eigenvalue weighted by Gasteiger charge is 2.40. The molecule has 0 amide bonds. The van der Waals surface area contributed by atoms with Gasteiger partial charge in [-0.25, -0.2) is 0 Å². The molecule has 0 aromatic carbocycles. The lowest BCUT2D eigenvalue weighted by Gasteiger charge is -2.24. The van der Waals surface area contributed by atoms with Crippen LogP contribution >= 0.6 is 45.2 Å². The maximum atomic E-state index is 11.5. The van der Waals surface area contributed by atoms with Gasteiger partial charge in [-0.2, -0.15) is 0 Å². The van der Waals surface area contributed by atoms with E-state index >= 15 is 0 Å². The van der Waals surface area contributed by atoms with Gasteiger partial charge in [0.05, 0.1) is 13.6 Å². The third-order valence-corrected chi connectivity index (χ3v) is 3.80. The zero-order chi connectivity index (χ0) is 10.3. The first-order chi connectivity index (χ1) is 6.52. The molecule has 1 heterocycles. The number of halogens is 2. The standard InChI is InChI=1S/C9H6I2O3/c10-5-3-9(2-1-7(12)14-9)4-6(11)8(5)13/h3-4H,1-2H2. The number of hydrogen-bond acceptors (Lipinski definition) is 3. The molecule has 3 nitrogen and oxygen atoms in total. The molecule has 2 aliphatic rings. The van der Waals surface area contributed by atoms with Crippen molar-refractivity contribution in [3.63, 3.8) is 0 Å². The van der Waals surface area contributed by atoms with Crippen LogP contribution in [0.3, 0.4) is 0 Å². The third kappa shape index (κ3) is 1.75. The molecule has 0 saturated carbocycles. The summed E-state index contributed by atoms with van der Waals surface area (Å²) in [6.07, 6.45) is 4.54. The molecule has 1 spiro atoms. The summed E-state index contributed by atoms with van der Waals surface area (Å²) in [5.74, 6) is -0.181. The van der Waals surface area contributed by atoms with Gasteiger partial charge in [0.2, 0.25) is 5.78 Å². The van der Waals surface area contributed by atoms with Crippen LogP contribution in [-0.4, -0.2) is 17.4 Å². The molecule has 0 aromatic heterocycles. The molecule has 1 aliphatic heterocycles. The van der Waals surface area contributed by atoms with Crippen molar-refractivity contribution in [3.8, 4) is 0 Å². The second-order valence-corrected chi connectivity index (χ2v) is 5.57. The first-order valence-corrected chi connectivity index (χ1v) is 6.21. The van der Waals surface area contributed by atoms with Crippen LogP contribution in [0.2, 0.25) is 0 Å². The quantitative estimate of drug-likeness (QED) is 0.450. The minimum absolute atomic E-state index is 0.0137. The van der Waals surface area contributed by atoms with Crippen molar-refractivity contribution in [3.05, 3.63) is 19.3 Å². The number of allylic oxidation sites excluding steroid dienone is 2. The average Bonchev–Trinajstić information content (AvgIpc) is 2.43. The highest BCUT2D eigenvalue weighted by atomic mass is 127. The highest BCUT2D eigenvalue weighted by Crippen LogP contribution is 2.38. The van der Waals surface area contributed by atoms with E-state index in [2.05, 4.69) is 0 Å². The summed E-state index contributed by atoms with van der Waals surface area (Å²) in [7, 11) is 0. The van der Waals surface area contributed by atoms with Gasteiger partial charge in [0, 0.05) is 6.42 Å². The zero-order valence-electron chi connectivity index (χ0n) is 7.05. The molecular formula is C9H6I2O3. The number of ketones is 1. The number of hydrogen-bond donors (Lipinski definition) is 0. The molecule has 1 aliphatic carbocycles. The zero-order valence-corrected chi connectivity index (χ0v) is 11.4. The molecule has 0 atom stereocenters. The fourth-order valence-electron chi connectivity index (χ4n) is 1.53. The van der Waals surface area contributed by atoms with Crippen LogP contribution in [0.5, 0.6) is 0 Å². The maximum absolute atomic E-state index is 11.5. The van der Waals surface area contributed by atoms with Crippen molar-refractivity contribution < 1.29 is 14.3 Å². The van der Waals surface area contributed by atoms with Crippen LogP contribution in [0.1, 0.15) is 12.8 Å². The first kappa shape index (κ1) is 10.6. The van der Waals surface area contributed by atoms with Crippen LogP contribution in [0, 0.1) is 0 Å². The van der Waals surface area contributed by atoms with Crippen LogP contribution in [0.15, 0.2) is 19.3 Å². The second kappa shape index (κ2) is 3.58. The minimum atomic E-state index is -0.641. The van der Waals surface area contributed by atoms with Crippen molar-refractivity contribution >= 4 is 56.9 Å². The van der Waals surface area contributed by atoms with E-state index in [0.717, 1.165) is 0 Å². The summed E-state index contributed by atoms with van der Waals surface area (Å²) in [6, 6.07) is 0. The number of Topliss-reactive ketones (excluding diaryl/α,β-unsaturated/α-hetero) is 1. The van der Waals surface area contributed by atoms with Gasteiger partial charge < -0.3 is 4.74 Å². The number of rotatable bonds is 0. The largest absolute Gasteiger partial charge is 0.450 e. The minimum Gasteiger partial charge on any atom is -0.450 e. The Hall–Kier alpha value is 0.0800. The van der Waals surface area contributed by atoms with Gasteiger partial charge in [0.25, 0.3) is 0 Å². The Kier molecular flexibility index (Phi) is 2.71. The number of ether oxygens (including phenoxy) is 1. The monoisotopic (exact) mass is 416 g/mol. The van der Waals surface area contributed by atoms with E-state index in [1.807, 2.05) is 45.2 Å². The molecular weight excluding hydrogens is 410 g/mol. The van der Waals surface area contributed by atoms with Gasteiger partial charge in [0.15, 0.2) is 5.60 Å². The van der Waals surface area contributed by atoms with Crippen LogP contribution in [-0.2, 0) is 14.3 Å². The smallest absolute Gasteiger partial charge is 0.307 e. The summed E-state index contributed by atoms with van der Waals surface area (Å²) in [5, 5.41) is 0. The lowest BCUT2D eigenvalue weighted by molar-refractivity contribution is -0.143. The van der Waals surface area contributed by atoms with E-state index in [9.17, 15) is 9.59 Å². The van der Waals surface area contributed by atoms with Crippen molar-refractivity contribution in [1.82, 2.24) is 0 Å². The van der Waals surface area contributed by atoms with Gasteiger partial charge in [-0.3, -0.25) is 9.59 Å². The molecule has 0 bridgehead atoms. The van der Waals surface area contributed by atoms with Crippen molar-refractivity contribution in [2.45, 2.75) is 18.4 Å². The summed E-state index contributed by atoms with van der Waals surface area (Å²) in [5.41, 5.74) is -0.641. The fraction of sp³-hybridized carbons (Fsp3) is 0.333. The predicted molar refractivity (Wildman–Crippen MR) is 67.3 cm³/mol. The molecule has 1 fully saturated rings. The molecule has 2 rings (SSSR count). The van der Waals surface area contributed by atoms with E-state index in [1.165, 1.54) is 0 Å². The summed E-state index contributed by atoms with van der Waals surface area (Å²) in [6.45, 7) is 0. The van der Waals surface area contributed by atoms with Gasteiger partial charge in [-0.05, 0) is 57.3 Å². The van der Waals surface area contributed by atoms with Crippen LogP contribution < -0.4 is 0 Å². The summed E-state index contributed by atoms with van der Waals surface area (Å²) in [4.78, 5) is 22.5. The molecule has 74 valence electrons. The average molecular weight is 416 g/mol. The van der Waals surface area contributed by atoms with Gasteiger partial charge in [-0.15, -0.1) is 0 Å².